The number of rotatable bonds is 5. The molecule has 0 saturated heterocycles. The molecule has 0 fully saturated rings. The second-order valence-electron chi connectivity index (χ2n) is 4.52. The Hall–Kier alpha value is -2.21. The summed E-state index contributed by atoms with van der Waals surface area (Å²) in [5.74, 6) is -0.794. The van der Waals surface area contributed by atoms with E-state index in [1.165, 1.54) is 19.6 Å². The summed E-state index contributed by atoms with van der Waals surface area (Å²) in [5, 5.41) is 3.68. The minimum atomic E-state index is -0.597. The number of hydrogen-bond acceptors (Lipinski definition) is 6. The lowest BCUT2D eigenvalue weighted by molar-refractivity contribution is 0.0591. The molecule has 5 nitrogen and oxygen atoms in total. The zero-order valence-electron chi connectivity index (χ0n) is 12.1. The molecule has 0 spiro atoms. The Labute approximate surface area is 127 Å². The topological polar surface area (TPSA) is 68.3 Å². The molecule has 2 rings (SSSR count). The van der Waals surface area contributed by atoms with E-state index >= 15 is 0 Å². The van der Waals surface area contributed by atoms with E-state index in [2.05, 4.69) is 15.0 Å². The molecule has 0 saturated carbocycles. The lowest BCUT2D eigenvalue weighted by Gasteiger charge is -2.05. The van der Waals surface area contributed by atoms with Crippen LogP contribution in [0.5, 0.6) is 0 Å². The highest BCUT2D eigenvalue weighted by Crippen LogP contribution is 2.25. The summed E-state index contributed by atoms with van der Waals surface area (Å²) in [4.78, 5) is 27.7. The van der Waals surface area contributed by atoms with E-state index in [9.17, 15) is 9.59 Å². The Morgan fingerprint density at radius 2 is 2.05 bits per heavy atom. The van der Waals surface area contributed by atoms with Crippen molar-refractivity contribution in [3.8, 4) is 0 Å². The third kappa shape index (κ3) is 3.46. The number of hydrogen-bond donors (Lipinski definition) is 1. The molecule has 0 aliphatic rings. The Morgan fingerprint density at radius 3 is 2.67 bits per heavy atom. The normalized spacial score (nSPS) is 10.2. The first kappa shape index (κ1) is 15.2. The van der Waals surface area contributed by atoms with Crippen molar-refractivity contribution < 1.29 is 14.3 Å². The minimum absolute atomic E-state index is 0.0716. The quantitative estimate of drug-likeness (QED) is 0.679. The van der Waals surface area contributed by atoms with Gasteiger partial charge in [-0.1, -0.05) is 35.6 Å². The van der Waals surface area contributed by atoms with Crippen LogP contribution in [0.3, 0.4) is 0 Å². The number of nitrogens with zero attached hydrogens (tertiary/aromatic N) is 1. The van der Waals surface area contributed by atoms with Gasteiger partial charge in [-0.2, -0.15) is 0 Å². The lowest BCUT2D eigenvalue weighted by atomic mass is 10.1. The van der Waals surface area contributed by atoms with Gasteiger partial charge in [0.2, 0.25) is 0 Å². The largest absolute Gasteiger partial charge is 0.464 e. The van der Waals surface area contributed by atoms with Crippen LogP contribution >= 0.6 is 11.3 Å². The highest BCUT2D eigenvalue weighted by atomic mass is 32.1. The number of esters is 1. The van der Waals surface area contributed by atoms with Crippen molar-refractivity contribution >= 4 is 28.2 Å². The lowest BCUT2D eigenvalue weighted by Crippen LogP contribution is -2.07. The van der Waals surface area contributed by atoms with Crippen LogP contribution in [0.1, 0.15) is 38.2 Å². The number of methoxy groups -OCH3 is 1. The van der Waals surface area contributed by atoms with Crippen LogP contribution < -0.4 is 5.32 Å². The van der Waals surface area contributed by atoms with Gasteiger partial charge in [0.15, 0.2) is 16.6 Å². The third-order valence-electron chi connectivity index (χ3n) is 3.02. The number of carbonyl (C=O) groups excluding carboxylic acids is 2. The van der Waals surface area contributed by atoms with E-state index in [1.54, 1.807) is 0 Å². The van der Waals surface area contributed by atoms with Crippen molar-refractivity contribution in [2.45, 2.75) is 20.4 Å². The van der Waals surface area contributed by atoms with E-state index in [-0.39, 0.29) is 11.5 Å². The number of ketones is 1. The van der Waals surface area contributed by atoms with E-state index in [0.29, 0.717) is 16.6 Å². The molecule has 0 aliphatic heterocycles. The number of Topliss-reactive ketones (excluding diaryl/α,β-unsaturated/α-hetero) is 1. The Bertz CT molecular complexity index is 679. The van der Waals surface area contributed by atoms with E-state index in [1.807, 2.05) is 31.2 Å². The molecule has 1 N–H and O–H groups in total. The molecule has 0 atom stereocenters. The summed E-state index contributed by atoms with van der Waals surface area (Å²) in [7, 11) is 1.27. The fourth-order valence-corrected chi connectivity index (χ4v) is 2.69. The number of anilines is 1. The second kappa shape index (κ2) is 6.49. The fraction of sp³-hybridized carbons (Fsp3) is 0.267. The highest BCUT2D eigenvalue weighted by molar-refractivity contribution is 7.17. The first-order valence-electron chi connectivity index (χ1n) is 6.41. The van der Waals surface area contributed by atoms with Gasteiger partial charge in [0.25, 0.3) is 0 Å². The van der Waals surface area contributed by atoms with Crippen LogP contribution in [-0.2, 0) is 11.3 Å². The molecule has 21 heavy (non-hydrogen) atoms. The van der Waals surface area contributed by atoms with Gasteiger partial charge in [-0.3, -0.25) is 4.79 Å². The zero-order valence-corrected chi connectivity index (χ0v) is 12.9. The molecular weight excluding hydrogens is 288 g/mol. The highest BCUT2D eigenvalue weighted by Gasteiger charge is 2.21. The molecule has 0 aliphatic carbocycles. The summed E-state index contributed by atoms with van der Waals surface area (Å²) in [6, 6.07) is 7.99. The van der Waals surface area contributed by atoms with Crippen molar-refractivity contribution in [2.75, 3.05) is 12.4 Å². The van der Waals surface area contributed by atoms with Gasteiger partial charge in [0.1, 0.15) is 4.88 Å². The van der Waals surface area contributed by atoms with E-state index in [0.717, 1.165) is 16.9 Å². The summed E-state index contributed by atoms with van der Waals surface area (Å²) in [6.07, 6.45) is 0. The molecule has 2 aromatic rings. The van der Waals surface area contributed by atoms with Crippen LogP contribution in [0.4, 0.5) is 5.13 Å². The van der Waals surface area contributed by atoms with E-state index < -0.39 is 5.97 Å². The zero-order chi connectivity index (χ0) is 15.4. The summed E-state index contributed by atoms with van der Waals surface area (Å²) >= 11 is 1.16. The van der Waals surface area contributed by atoms with Crippen molar-refractivity contribution in [2.24, 2.45) is 0 Å². The number of nitrogens with one attached hydrogen (secondary N) is 1. The molecule has 0 bridgehead atoms. The summed E-state index contributed by atoms with van der Waals surface area (Å²) < 4.78 is 4.65. The monoisotopic (exact) mass is 304 g/mol. The van der Waals surface area contributed by atoms with Crippen molar-refractivity contribution in [1.82, 2.24) is 4.98 Å². The molecule has 0 amide bonds. The van der Waals surface area contributed by atoms with Crippen molar-refractivity contribution in [3.63, 3.8) is 0 Å². The maximum atomic E-state index is 11.6. The maximum absolute atomic E-state index is 11.6. The van der Waals surface area contributed by atoms with E-state index in [4.69, 9.17) is 0 Å². The summed E-state index contributed by atoms with van der Waals surface area (Å²) in [6.45, 7) is 4.02. The molecule has 110 valence electrons. The standard InChI is InChI=1S/C15H16N2O3S/c1-9-6-4-5-7-11(9)8-16-15-17-12(14(19)20-3)13(21-15)10(2)18/h4-7H,8H2,1-3H3,(H,16,17). The van der Waals surface area contributed by atoms with Crippen molar-refractivity contribution in [3.05, 3.63) is 46.0 Å². The summed E-state index contributed by atoms with van der Waals surface area (Å²) in [5.41, 5.74) is 2.38. The molecule has 6 heteroatoms. The molecule has 1 heterocycles. The molecule has 1 aromatic heterocycles. The maximum Gasteiger partial charge on any atom is 0.358 e. The Morgan fingerprint density at radius 1 is 1.33 bits per heavy atom. The molecule has 0 unspecified atom stereocenters. The number of aromatic nitrogens is 1. The predicted octanol–water partition coefficient (Wildman–Crippen LogP) is 3.05. The minimum Gasteiger partial charge on any atom is -0.464 e. The number of ether oxygens (including phenoxy) is 1. The molecular formula is C15H16N2O3S. The van der Waals surface area contributed by atoms with Gasteiger partial charge in [-0.05, 0) is 18.1 Å². The average molecular weight is 304 g/mol. The van der Waals surface area contributed by atoms with Crippen LogP contribution in [-0.4, -0.2) is 23.8 Å². The Balaban J connectivity index is 2.20. The van der Waals surface area contributed by atoms with Crippen molar-refractivity contribution in [1.29, 1.82) is 0 Å². The van der Waals surface area contributed by atoms with Gasteiger partial charge in [0.05, 0.1) is 7.11 Å². The average Bonchev–Trinajstić information content (AvgIpc) is 2.90. The predicted molar refractivity (Wildman–Crippen MR) is 82.0 cm³/mol. The number of carbonyl (C=O) groups is 2. The molecule has 0 radical (unpaired) electrons. The van der Waals surface area contributed by atoms with Crippen LogP contribution in [0.25, 0.3) is 0 Å². The number of aryl methyl sites for hydroxylation is 1. The number of benzene rings is 1. The molecule has 1 aromatic carbocycles. The fourth-order valence-electron chi connectivity index (χ4n) is 1.85. The van der Waals surface area contributed by atoms with Gasteiger partial charge < -0.3 is 10.1 Å². The third-order valence-corrected chi connectivity index (χ3v) is 4.13. The van der Waals surface area contributed by atoms with Gasteiger partial charge >= 0.3 is 5.97 Å². The van der Waals surface area contributed by atoms with Crippen LogP contribution in [0, 0.1) is 6.92 Å². The van der Waals surface area contributed by atoms with Crippen LogP contribution in [0.2, 0.25) is 0 Å². The van der Waals surface area contributed by atoms with Gasteiger partial charge in [0, 0.05) is 13.5 Å². The Kier molecular flexibility index (Phi) is 4.70. The van der Waals surface area contributed by atoms with Gasteiger partial charge in [-0.25, -0.2) is 9.78 Å². The smallest absolute Gasteiger partial charge is 0.358 e. The number of thiazole rings is 1. The second-order valence-corrected chi connectivity index (χ2v) is 5.52. The first-order valence-corrected chi connectivity index (χ1v) is 7.23. The SMILES string of the molecule is COC(=O)c1nc(NCc2ccccc2C)sc1C(C)=O. The first-order chi connectivity index (χ1) is 10.0. The van der Waals surface area contributed by atoms with Crippen LogP contribution in [0.15, 0.2) is 24.3 Å². The van der Waals surface area contributed by atoms with Gasteiger partial charge in [-0.15, -0.1) is 0 Å².